The van der Waals surface area contributed by atoms with E-state index in [1.54, 1.807) is 34.9 Å². The van der Waals surface area contributed by atoms with Crippen molar-refractivity contribution in [1.29, 1.82) is 0 Å². The Bertz CT molecular complexity index is 1740. The summed E-state index contributed by atoms with van der Waals surface area (Å²) in [6, 6.07) is 16.8. The predicted molar refractivity (Wildman–Crippen MR) is 178 cm³/mol. The van der Waals surface area contributed by atoms with Crippen molar-refractivity contribution in [2.24, 2.45) is 0 Å². The average molecular weight is 726 g/mol. The SMILES string of the molecule is Cc1nc(-c2ccc(N3CC(CN4CCN(C(=O)c5ccc(Cl)c(Cl)c5)CC4)OC3=O)cc2)no1.O=C(Cl)c1ccc(Cl)c(Cl)c1. The molecule has 3 aromatic carbocycles. The summed E-state index contributed by atoms with van der Waals surface area (Å²) in [5.41, 5.74) is 2.43. The largest absolute Gasteiger partial charge is 0.443 e. The highest BCUT2D eigenvalue weighted by atomic mass is 35.5. The van der Waals surface area contributed by atoms with Gasteiger partial charge in [-0.1, -0.05) is 51.6 Å². The van der Waals surface area contributed by atoms with Crippen LogP contribution in [0.2, 0.25) is 20.1 Å². The molecule has 3 heterocycles. The third-order valence-electron chi connectivity index (χ3n) is 7.27. The summed E-state index contributed by atoms with van der Waals surface area (Å²) in [4.78, 5) is 45.7. The molecule has 0 bridgehead atoms. The van der Waals surface area contributed by atoms with E-state index >= 15 is 0 Å². The molecule has 2 amide bonds. The number of piperazine rings is 1. The Morgan fingerprint density at radius 3 is 2.02 bits per heavy atom. The number of halogens is 5. The van der Waals surface area contributed by atoms with E-state index in [0.717, 1.165) is 11.3 Å². The predicted octanol–water partition coefficient (Wildman–Crippen LogP) is 7.51. The third kappa shape index (κ3) is 8.31. The van der Waals surface area contributed by atoms with Gasteiger partial charge in [-0.05, 0) is 72.3 Å². The lowest BCUT2D eigenvalue weighted by Gasteiger charge is -2.35. The van der Waals surface area contributed by atoms with Crippen LogP contribution in [-0.2, 0) is 4.74 Å². The third-order valence-corrected chi connectivity index (χ3v) is 8.97. The summed E-state index contributed by atoms with van der Waals surface area (Å²) in [6.45, 7) is 5.36. The van der Waals surface area contributed by atoms with E-state index < -0.39 is 5.24 Å². The lowest BCUT2D eigenvalue weighted by molar-refractivity contribution is 0.0552. The molecule has 0 radical (unpaired) electrons. The lowest BCUT2D eigenvalue weighted by atomic mass is 10.1. The second-order valence-corrected chi connectivity index (χ2v) is 12.4. The van der Waals surface area contributed by atoms with E-state index in [2.05, 4.69) is 15.0 Å². The fourth-order valence-electron chi connectivity index (χ4n) is 4.89. The monoisotopic (exact) mass is 723 g/mol. The van der Waals surface area contributed by atoms with Gasteiger partial charge in [0.1, 0.15) is 6.10 Å². The molecule has 2 fully saturated rings. The number of anilines is 1. The molecule has 6 rings (SSSR count). The molecule has 10 nitrogen and oxygen atoms in total. The molecule has 1 aromatic heterocycles. The smallest absolute Gasteiger partial charge is 0.414 e. The molecule has 0 N–H and O–H groups in total. The first kappa shape index (κ1) is 34.0. The molecule has 0 spiro atoms. The highest BCUT2D eigenvalue weighted by molar-refractivity contribution is 6.67. The molecule has 4 aromatic rings. The zero-order valence-corrected chi connectivity index (χ0v) is 28.0. The van der Waals surface area contributed by atoms with Crippen LogP contribution in [0.5, 0.6) is 0 Å². The van der Waals surface area contributed by atoms with Crippen LogP contribution in [-0.4, -0.2) is 82.6 Å². The van der Waals surface area contributed by atoms with E-state index in [1.165, 1.54) is 18.2 Å². The van der Waals surface area contributed by atoms with Crippen molar-refractivity contribution in [1.82, 2.24) is 19.9 Å². The maximum atomic E-state index is 12.8. The normalized spacial score (nSPS) is 16.6. The fraction of sp³-hybridized carbons (Fsp3) is 0.258. The summed E-state index contributed by atoms with van der Waals surface area (Å²) >= 11 is 28.4. The van der Waals surface area contributed by atoms with Gasteiger partial charge >= 0.3 is 6.09 Å². The van der Waals surface area contributed by atoms with Crippen LogP contribution < -0.4 is 4.90 Å². The van der Waals surface area contributed by atoms with Gasteiger partial charge in [0.25, 0.3) is 11.1 Å². The van der Waals surface area contributed by atoms with E-state index in [1.807, 2.05) is 24.3 Å². The van der Waals surface area contributed by atoms with Gasteiger partial charge in [0.2, 0.25) is 11.7 Å². The van der Waals surface area contributed by atoms with Crippen molar-refractivity contribution in [2.45, 2.75) is 13.0 Å². The zero-order valence-electron chi connectivity index (χ0n) is 24.3. The Morgan fingerprint density at radius 1 is 0.848 bits per heavy atom. The molecule has 2 saturated heterocycles. The van der Waals surface area contributed by atoms with Gasteiger partial charge in [-0.2, -0.15) is 4.98 Å². The number of rotatable bonds is 6. The van der Waals surface area contributed by atoms with Gasteiger partial charge in [0.15, 0.2) is 0 Å². The van der Waals surface area contributed by atoms with Crippen LogP contribution in [0.4, 0.5) is 10.5 Å². The number of hydrogen-bond acceptors (Lipinski definition) is 8. The van der Waals surface area contributed by atoms with Crippen molar-refractivity contribution in [3.63, 3.8) is 0 Å². The summed E-state index contributed by atoms with van der Waals surface area (Å²) in [5, 5.41) is 4.90. The molecule has 240 valence electrons. The topological polar surface area (TPSA) is 109 Å². The summed E-state index contributed by atoms with van der Waals surface area (Å²) < 4.78 is 10.6. The Kier molecular flexibility index (Phi) is 11.1. The summed E-state index contributed by atoms with van der Waals surface area (Å²) in [7, 11) is 0. The minimum absolute atomic E-state index is 0.0684. The Labute approximate surface area is 289 Å². The van der Waals surface area contributed by atoms with Crippen molar-refractivity contribution in [2.75, 3.05) is 44.2 Å². The van der Waals surface area contributed by atoms with Crippen LogP contribution in [0.15, 0.2) is 65.2 Å². The Balaban J connectivity index is 0.000000322. The molecule has 15 heteroatoms. The number of aryl methyl sites for hydroxylation is 1. The molecule has 2 aliphatic rings. The van der Waals surface area contributed by atoms with Crippen LogP contribution >= 0.6 is 58.0 Å². The quantitative estimate of drug-likeness (QED) is 0.188. The number of carbonyl (C=O) groups excluding carboxylic acids is 3. The number of carbonyl (C=O) groups is 3. The molecule has 0 aliphatic carbocycles. The number of hydrogen-bond donors (Lipinski definition) is 0. The standard InChI is InChI=1S/C24H23Cl2N5O4.C7H3Cl3O/c1-15-27-22(28-35-15)16-2-5-18(6-3-16)31-14-19(34-24(31)33)13-29-8-10-30(11-9-29)23(32)17-4-7-20(25)21(26)12-17;8-5-2-1-4(7(10)11)3-6(5)9/h2-7,12,19H,8-11,13-14H2,1H3;1-3H. The average Bonchev–Trinajstić information content (AvgIpc) is 3.65. The molecule has 2 aliphatic heterocycles. The van der Waals surface area contributed by atoms with Crippen molar-refractivity contribution in [3.8, 4) is 11.4 Å². The minimum Gasteiger partial charge on any atom is -0.443 e. The first-order valence-corrected chi connectivity index (χ1v) is 15.9. The number of aromatic nitrogens is 2. The van der Waals surface area contributed by atoms with Gasteiger partial charge < -0.3 is 14.2 Å². The van der Waals surface area contributed by atoms with Gasteiger partial charge in [0, 0.05) is 62.0 Å². The first-order chi connectivity index (χ1) is 22.0. The Morgan fingerprint density at radius 2 is 1.46 bits per heavy atom. The van der Waals surface area contributed by atoms with Crippen LogP contribution in [0, 0.1) is 6.92 Å². The molecule has 46 heavy (non-hydrogen) atoms. The fourth-order valence-corrected chi connectivity index (χ4v) is 5.60. The highest BCUT2D eigenvalue weighted by Gasteiger charge is 2.34. The van der Waals surface area contributed by atoms with Crippen LogP contribution in [0.3, 0.4) is 0 Å². The molecule has 0 saturated carbocycles. The zero-order chi connectivity index (χ0) is 33.0. The second kappa shape index (κ2) is 15.0. The molecule has 1 unspecified atom stereocenters. The van der Waals surface area contributed by atoms with Crippen LogP contribution in [0.1, 0.15) is 26.6 Å². The van der Waals surface area contributed by atoms with Gasteiger partial charge in [0.05, 0.1) is 26.6 Å². The van der Waals surface area contributed by atoms with E-state index in [-0.39, 0.29) is 18.1 Å². The van der Waals surface area contributed by atoms with Crippen molar-refractivity contribution < 1.29 is 23.6 Å². The number of cyclic esters (lactones) is 1. The number of ether oxygens (including phenoxy) is 1. The molecule has 1 atom stereocenters. The lowest BCUT2D eigenvalue weighted by Crippen LogP contribution is -2.50. The minimum atomic E-state index is -0.538. The van der Waals surface area contributed by atoms with Gasteiger partial charge in [-0.15, -0.1) is 0 Å². The molecular weight excluding hydrogens is 700 g/mol. The van der Waals surface area contributed by atoms with Crippen LogP contribution in [0.25, 0.3) is 11.4 Å². The van der Waals surface area contributed by atoms with Crippen molar-refractivity contribution >= 4 is 80.9 Å². The maximum absolute atomic E-state index is 12.8. The van der Waals surface area contributed by atoms with Gasteiger partial charge in [-0.25, -0.2) is 4.79 Å². The van der Waals surface area contributed by atoms with E-state index in [9.17, 15) is 14.4 Å². The Hall–Kier alpha value is -3.38. The molecular formula is C31H26Cl5N5O5. The van der Waals surface area contributed by atoms with E-state index in [0.29, 0.717) is 82.2 Å². The summed E-state index contributed by atoms with van der Waals surface area (Å²) in [5.74, 6) is 0.934. The van der Waals surface area contributed by atoms with E-state index in [4.69, 9.17) is 67.3 Å². The highest BCUT2D eigenvalue weighted by Crippen LogP contribution is 2.27. The van der Waals surface area contributed by atoms with Crippen molar-refractivity contribution in [3.05, 3.63) is 97.8 Å². The maximum Gasteiger partial charge on any atom is 0.414 e. The first-order valence-electron chi connectivity index (χ1n) is 14.0. The number of benzene rings is 3. The number of nitrogens with zero attached hydrogens (tertiary/aromatic N) is 5. The summed E-state index contributed by atoms with van der Waals surface area (Å²) in [6.07, 6.45) is -0.619. The number of amides is 2. The van der Waals surface area contributed by atoms with Gasteiger partial charge in [-0.3, -0.25) is 19.4 Å². The second-order valence-electron chi connectivity index (χ2n) is 10.4.